The summed E-state index contributed by atoms with van der Waals surface area (Å²) in [4.78, 5) is 20.7. The van der Waals surface area contributed by atoms with Crippen molar-refractivity contribution in [3.8, 4) is 0 Å². The highest BCUT2D eigenvalue weighted by molar-refractivity contribution is 6.33. The van der Waals surface area contributed by atoms with E-state index >= 15 is 0 Å². The van der Waals surface area contributed by atoms with Gasteiger partial charge in [0.25, 0.3) is 0 Å². The minimum Gasteiger partial charge on any atom is -0.350 e. The molecule has 0 radical (unpaired) electrons. The Labute approximate surface area is 253 Å². The molecule has 1 N–H and O–H groups in total. The lowest BCUT2D eigenvalue weighted by Gasteiger charge is -2.30. The lowest BCUT2D eigenvalue weighted by Crippen LogP contribution is -2.39. The van der Waals surface area contributed by atoms with Crippen LogP contribution in [0.1, 0.15) is 42.0 Å². The Kier molecular flexibility index (Phi) is 8.65. The van der Waals surface area contributed by atoms with Gasteiger partial charge in [-0.3, -0.25) is 0 Å². The molecule has 1 fully saturated rings. The van der Waals surface area contributed by atoms with E-state index in [9.17, 15) is 26.3 Å². The topological polar surface area (TPSA) is 73.3 Å². The Bertz CT molecular complexity index is 1470. The molecule has 16 heteroatoms. The fraction of sp³-hybridized carbons (Fsp3) is 0.407. The van der Waals surface area contributed by atoms with Crippen LogP contribution in [0.2, 0.25) is 10.3 Å². The Morgan fingerprint density at radius 2 is 1.63 bits per heavy atom. The summed E-state index contributed by atoms with van der Waals surface area (Å²) in [6.45, 7) is 2.47. The molecule has 1 aromatic carbocycles. The third-order valence-electron chi connectivity index (χ3n) is 7.41. The van der Waals surface area contributed by atoms with E-state index in [4.69, 9.17) is 23.2 Å². The summed E-state index contributed by atoms with van der Waals surface area (Å²) in [6, 6.07) is 1.03. The zero-order chi connectivity index (χ0) is 31.1. The van der Waals surface area contributed by atoms with E-state index in [0.29, 0.717) is 25.2 Å². The van der Waals surface area contributed by atoms with Crippen LogP contribution in [0.5, 0.6) is 0 Å². The molecule has 2 aliphatic heterocycles. The van der Waals surface area contributed by atoms with Gasteiger partial charge in [-0.15, -0.1) is 0 Å². The number of aromatic nitrogens is 4. The van der Waals surface area contributed by atoms with Crippen molar-refractivity contribution in [1.29, 1.82) is 0 Å². The summed E-state index contributed by atoms with van der Waals surface area (Å²) < 4.78 is 82.0. The first kappa shape index (κ1) is 31.1. The van der Waals surface area contributed by atoms with E-state index in [1.807, 2.05) is 25.1 Å². The van der Waals surface area contributed by atoms with Crippen molar-refractivity contribution in [2.75, 3.05) is 29.9 Å². The molecule has 2 aliphatic rings. The molecule has 1 unspecified atom stereocenters. The smallest absolute Gasteiger partial charge is 0.350 e. The number of rotatable bonds is 7. The van der Waals surface area contributed by atoms with Gasteiger partial charge in [-0.1, -0.05) is 18.5 Å². The van der Waals surface area contributed by atoms with E-state index in [-0.39, 0.29) is 47.0 Å². The lowest BCUT2D eigenvalue weighted by atomic mass is 10.0. The molecule has 5 rings (SSSR count). The Hall–Kier alpha value is -3.36. The van der Waals surface area contributed by atoms with Gasteiger partial charge in [0.05, 0.1) is 23.4 Å². The fourth-order valence-corrected chi connectivity index (χ4v) is 5.65. The highest BCUT2D eigenvalue weighted by Gasteiger charge is 2.40. The largest absolute Gasteiger partial charge is 0.416 e. The van der Waals surface area contributed by atoms with Crippen LogP contribution in [0.3, 0.4) is 0 Å². The third-order valence-corrected chi connectivity index (χ3v) is 7.86. The van der Waals surface area contributed by atoms with Gasteiger partial charge in [0.1, 0.15) is 5.02 Å². The van der Waals surface area contributed by atoms with Crippen molar-refractivity contribution < 1.29 is 26.3 Å². The quantitative estimate of drug-likeness (QED) is 0.231. The molecule has 8 nitrogen and oxygen atoms in total. The Morgan fingerprint density at radius 1 is 0.977 bits per heavy atom. The van der Waals surface area contributed by atoms with Gasteiger partial charge < -0.3 is 14.8 Å². The number of alkyl halides is 6. The summed E-state index contributed by atoms with van der Waals surface area (Å²) >= 11 is 12.4. The maximum Gasteiger partial charge on any atom is 0.416 e. The zero-order valence-electron chi connectivity index (χ0n) is 22.9. The molecule has 1 saturated heterocycles. The molecule has 2 aromatic heterocycles. The van der Waals surface area contributed by atoms with Crippen LogP contribution in [-0.2, 0) is 18.9 Å². The molecule has 2 atom stereocenters. The molecule has 4 heterocycles. The first-order valence-corrected chi connectivity index (χ1v) is 14.0. The predicted octanol–water partition coefficient (Wildman–Crippen LogP) is 6.47. The average molecular weight is 647 g/mol. The number of nitrogens with zero attached hydrogens (tertiary/aromatic N) is 7. The van der Waals surface area contributed by atoms with E-state index in [1.165, 1.54) is 6.20 Å². The van der Waals surface area contributed by atoms with Gasteiger partial charge in [-0.2, -0.15) is 31.3 Å². The Morgan fingerprint density at radius 3 is 2.19 bits per heavy atom. The second-order valence-corrected chi connectivity index (χ2v) is 11.1. The standard InChI is InChI=1S/C27H26Cl2F6N8/c1-3-20-7-21(14-42(20)23-22(28)11-36-24(29)40-23)43(25-37-8-16(9-38-25)17-10-39-41(2)13-17)12-15-4-18(26(30,31)32)6-19(5-15)27(33,34)35/h4-6,8-9,11,13,20-21,39H,3,7,10,12,14H2,1-2H3/t20?,21-/m0/s1. The number of benzene rings is 1. The van der Waals surface area contributed by atoms with Crippen LogP contribution in [-0.4, -0.2) is 57.2 Å². The monoisotopic (exact) mass is 646 g/mol. The molecule has 3 aromatic rings. The average Bonchev–Trinajstić information content (AvgIpc) is 3.58. The van der Waals surface area contributed by atoms with Crippen molar-refractivity contribution in [1.82, 2.24) is 30.4 Å². The summed E-state index contributed by atoms with van der Waals surface area (Å²) in [5.41, 5.74) is 1.79. The number of halogens is 8. The van der Waals surface area contributed by atoms with Gasteiger partial charge >= 0.3 is 12.4 Å². The lowest BCUT2D eigenvalue weighted by molar-refractivity contribution is -0.143. The van der Waals surface area contributed by atoms with Gasteiger partial charge in [-0.25, -0.2) is 20.4 Å². The first-order valence-electron chi connectivity index (χ1n) is 13.2. The van der Waals surface area contributed by atoms with Crippen LogP contribution in [0.15, 0.2) is 43.0 Å². The fourth-order valence-electron chi connectivity index (χ4n) is 5.32. The highest BCUT2D eigenvalue weighted by atomic mass is 35.5. The molecule has 0 saturated carbocycles. The van der Waals surface area contributed by atoms with Crippen LogP contribution < -0.4 is 15.2 Å². The van der Waals surface area contributed by atoms with Gasteiger partial charge in [0, 0.05) is 56.9 Å². The summed E-state index contributed by atoms with van der Waals surface area (Å²) in [5, 5.41) is 2.02. The van der Waals surface area contributed by atoms with E-state index in [1.54, 1.807) is 22.3 Å². The van der Waals surface area contributed by atoms with Crippen LogP contribution in [0.4, 0.5) is 38.1 Å². The molecular weight excluding hydrogens is 621 g/mol. The minimum atomic E-state index is -4.98. The van der Waals surface area contributed by atoms with Crippen molar-refractivity contribution >= 4 is 40.5 Å². The predicted molar refractivity (Wildman–Crippen MR) is 150 cm³/mol. The molecule has 0 amide bonds. The zero-order valence-corrected chi connectivity index (χ0v) is 24.4. The second kappa shape index (κ2) is 12.0. The third kappa shape index (κ3) is 6.91. The normalized spacial score (nSPS) is 19.3. The number of hydrogen-bond donors (Lipinski definition) is 1. The van der Waals surface area contributed by atoms with Gasteiger partial charge in [0.2, 0.25) is 11.2 Å². The molecule has 230 valence electrons. The first-order chi connectivity index (χ1) is 20.2. The highest BCUT2D eigenvalue weighted by Crippen LogP contribution is 2.38. The molecule has 0 aliphatic carbocycles. The second-order valence-electron chi connectivity index (χ2n) is 10.3. The van der Waals surface area contributed by atoms with Crippen molar-refractivity contribution in [2.24, 2.45) is 0 Å². The number of hydrogen-bond acceptors (Lipinski definition) is 8. The van der Waals surface area contributed by atoms with E-state index in [2.05, 4.69) is 25.4 Å². The molecule has 43 heavy (non-hydrogen) atoms. The SMILES string of the molecule is CCC1C[C@H](N(Cc2cc(C(F)(F)F)cc(C(F)(F)F)c2)c2ncc(C3=CN(C)NC3)cn2)CN1c1nc(Cl)ncc1Cl. The van der Waals surface area contributed by atoms with Crippen molar-refractivity contribution in [2.45, 2.75) is 50.7 Å². The summed E-state index contributed by atoms with van der Waals surface area (Å²) in [7, 11) is 1.83. The molecule has 0 spiro atoms. The van der Waals surface area contributed by atoms with Crippen LogP contribution >= 0.6 is 23.2 Å². The van der Waals surface area contributed by atoms with Gasteiger partial charge in [-0.05, 0) is 53.8 Å². The van der Waals surface area contributed by atoms with E-state index < -0.39 is 29.5 Å². The van der Waals surface area contributed by atoms with Crippen molar-refractivity contribution in [3.63, 3.8) is 0 Å². The van der Waals surface area contributed by atoms with Gasteiger partial charge in [0.15, 0.2) is 5.82 Å². The maximum atomic E-state index is 13.7. The molecule has 0 bridgehead atoms. The van der Waals surface area contributed by atoms with Crippen LogP contribution in [0.25, 0.3) is 5.57 Å². The maximum absolute atomic E-state index is 13.7. The minimum absolute atomic E-state index is 0.0153. The van der Waals surface area contributed by atoms with Crippen LogP contribution in [0, 0.1) is 0 Å². The van der Waals surface area contributed by atoms with E-state index in [0.717, 1.165) is 23.3 Å². The molecular formula is C27H26Cl2F6N8. The number of anilines is 2. The summed E-state index contributed by atoms with van der Waals surface area (Å²) in [6.07, 6.45) is -2.42. The summed E-state index contributed by atoms with van der Waals surface area (Å²) in [5.74, 6) is 0.540. The number of nitrogens with one attached hydrogen (secondary N) is 1. The van der Waals surface area contributed by atoms with Crippen molar-refractivity contribution in [3.05, 3.63) is 75.5 Å². The number of hydrazine groups is 1. The Balaban J connectivity index is 1.55.